The van der Waals surface area contributed by atoms with Crippen LogP contribution in [0.2, 0.25) is 0 Å². The molecule has 0 fully saturated rings. The van der Waals surface area contributed by atoms with Crippen molar-refractivity contribution < 1.29 is 101 Å². The molecule has 9 rings (SSSR count). The molecule has 6 aromatic rings. The van der Waals surface area contributed by atoms with E-state index in [0.717, 1.165) is 60.7 Å². The number of phenolic OH excluding ortho intramolecular Hbond substituents is 14. The molecular formula is C45H38O20. The lowest BCUT2D eigenvalue weighted by molar-refractivity contribution is -0.00570. The van der Waals surface area contributed by atoms with Crippen molar-refractivity contribution in [2.45, 2.75) is 54.9 Å². The third kappa shape index (κ3) is 6.57. The number of aliphatic hydroxyl groups is 3. The van der Waals surface area contributed by atoms with Crippen LogP contribution in [0.3, 0.4) is 0 Å². The van der Waals surface area contributed by atoms with Crippen LogP contribution < -0.4 is 14.2 Å². The molecule has 0 saturated heterocycles. The van der Waals surface area contributed by atoms with Gasteiger partial charge in [0.05, 0.1) is 17.9 Å². The molecule has 0 unspecified atom stereocenters. The second-order valence-electron chi connectivity index (χ2n) is 16.0. The molecule has 0 aliphatic carbocycles. The first-order chi connectivity index (χ1) is 30.7. The van der Waals surface area contributed by atoms with Gasteiger partial charge in [0, 0.05) is 69.6 Å². The van der Waals surface area contributed by atoms with Gasteiger partial charge >= 0.3 is 0 Å². The Kier molecular flexibility index (Phi) is 9.70. The van der Waals surface area contributed by atoms with E-state index in [2.05, 4.69) is 0 Å². The maximum Gasteiger partial charge on any atom is 0.200 e. The minimum atomic E-state index is -2.05. The Balaban J connectivity index is 1.32. The minimum absolute atomic E-state index is 0.103. The Morgan fingerprint density at radius 2 is 0.815 bits per heavy atom. The zero-order valence-electron chi connectivity index (χ0n) is 33.0. The SMILES string of the molecule is Oc1cc(O)c2c(c1)O[C@H](c1cc(O)c(O)c(O)c1)[C@H](O)[C@H]2c1c(O)cc(O)c2c1O[C@H](c1cc(O)c(O)c(O)c1)[C@@H](O)[C@@H]2c1c(O)cc(O)c2c1O[C@H](c1ccc(O)c(O)c1)[C@@H](O)C2. The molecule has 3 heterocycles. The largest absolute Gasteiger partial charge is 0.508 e. The molecule has 0 bridgehead atoms. The van der Waals surface area contributed by atoms with Gasteiger partial charge < -0.3 is 101 Å². The smallest absolute Gasteiger partial charge is 0.200 e. The number of phenols is 14. The zero-order valence-corrected chi connectivity index (χ0v) is 33.0. The molecule has 0 saturated carbocycles. The summed E-state index contributed by atoms with van der Waals surface area (Å²) in [5.41, 5.74) is -2.13. The molecular weight excluding hydrogens is 860 g/mol. The lowest BCUT2D eigenvalue weighted by atomic mass is 9.73. The third-order valence-electron chi connectivity index (χ3n) is 12.0. The summed E-state index contributed by atoms with van der Waals surface area (Å²) in [6, 6.07) is 10.7. The first-order valence-electron chi connectivity index (χ1n) is 19.5. The Labute approximate surface area is 364 Å². The van der Waals surface area contributed by atoms with E-state index >= 15 is 0 Å². The van der Waals surface area contributed by atoms with Crippen molar-refractivity contribution in [2.75, 3.05) is 0 Å². The van der Waals surface area contributed by atoms with Crippen molar-refractivity contribution in [3.8, 4) is 97.7 Å². The molecule has 20 nitrogen and oxygen atoms in total. The fourth-order valence-corrected chi connectivity index (χ4v) is 9.08. The van der Waals surface area contributed by atoms with Gasteiger partial charge in [-0.2, -0.15) is 0 Å². The van der Waals surface area contributed by atoms with E-state index in [4.69, 9.17) is 14.2 Å². The second-order valence-corrected chi connectivity index (χ2v) is 16.0. The third-order valence-corrected chi connectivity index (χ3v) is 12.0. The van der Waals surface area contributed by atoms with Gasteiger partial charge in [0.25, 0.3) is 0 Å². The van der Waals surface area contributed by atoms with Gasteiger partial charge in [0.15, 0.2) is 58.2 Å². The van der Waals surface area contributed by atoms with Gasteiger partial charge in [-0.1, -0.05) is 6.07 Å². The number of fused-ring (bicyclic) bond motifs is 3. The van der Waals surface area contributed by atoms with Crippen LogP contribution in [-0.4, -0.2) is 105 Å². The lowest BCUT2D eigenvalue weighted by Gasteiger charge is -2.43. The number of hydrogen-bond acceptors (Lipinski definition) is 20. The van der Waals surface area contributed by atoms with E-state index < -0.39 is 151 Å². The predicted octanol–water partition coefficient (Wildman–Crippen LogP) is 3.86. The molecule has 0 spiro atoms. The number of hydrogen-bond donors (Lipinski definition) is 17. The van der Waals surface area contributed by atoms with Crippen LogP contribution in [0.15, 0.2) is 66.7 Å². The molecule has 0 amide bonds. The van der Waals surface area contributed by atoms with Crippen molar-refractivity contribution >= 4 is 0 Å². The molecule has 20 heteroatoms. The number of rotatable bonds is 5. The molecule has 0 radical (unpaired) electrons. The van der Waals surface area contributed by atoms with Crippen LogP contribution in [0.5, 0.6) is 97.7 Å². The molecule has 3 aliphatic rings. The van der Waals surface area contributed by atoms with Gasteiger partial charge in [0.1, 0.15) is 70.1 Å². The fraction of sp³-hybridized carbons (Fsp3) is 0.200. The highest BCUT2D eigenvalue weighted by atomic mass is 16.5. The van der Waals surface area contributed by atoms with Crippen molar-refractivity contribution in [1.82, 2.24) is 0 Å². The fourth-order valence-electron chi connectivity index (χ4n) is 9.08. The van der Waals surface area contributed by atoms with Crippen LogP contribution in [0.1, 0.15) is 74.7 Å². The number of aliphatic hydroxyl groups excluding tert-OH is 3. The van der Waals surface area contributed by atoms with Crippen LogP contribution in [0, 0.1) is 0 Å². The number of aromatic hydroxyl groups is 14. The molecule has 6 aromatic carbocycles. The maximum atomic E-state index is 12.5. The maximum absolute atomic E-state index is 12.5. The van der Waals surface area contributed by atoms with Crippen LogP contribution in [0.25, 0.3) is 0 Å². The van der Waals surface area contributed by atoms with Crippen LogP contribution >= 0.6 is 0 Å². The molecule has 8 atom stereocenters. The number of ether oxygens (including phenoxy) is 3. The average molecular weight is 899 g/mol. The van der Waals surface area contributed by atoms with E-state index in [0.29, 0.717) is 0 Å². The van der Waals surface area contributed by atoms with Crippen molar-refractivity contribution in [1.29, 1.82) is 0 Å². The summed E-state index contributed by atoms with van der Waals surface area (Å²) in [6.07, 6.45) is -10.8. The van der Waals surface area contributed by atoms with Crippen molar-refractivity contribution in [3.63, 3.8) is 0 Å². The van der Waals surface area contributed by atoms with Gasteiger partial charge in [-0.05, 0) is 42.0 Å². The van der Waals surface area contributed by atoms with E-state index in [-0.39, 0.29) is 45.7 Å². The Hall–Kier alpha value is -8.20. The molecule has 17 N–H and O–H groups in total. The first-order valence-corrected chi connectivity index (χ1v) is 19.5. The van der Waals surface area contributed by atoms with Gasteiger partial charge in [0.2, 0.25) is 0 Å². The standard InChI is InChI=1S/C45H38O20/c46-16-8-21(50)31-30(9-16)63-42(14-4-25(54)37(59)26(55)5-14)39(61)35(31)33-23(52)12-24(53)34-36(40(62)43(65-45(33)34)15-6-27(56)38(60)28(57)7-15)32-22(51)11-19(48)17-10-29(58)41(64-44(17)32)13-1-2-18(47)20(49)3-13/h1-9,11-12,29,35-36,39-43,46-62H,10H2/t29-,35+,36+,39+,40-,41+,42+,43+/m0/s1. The monoisotopic (exact) mass is 898 g/mol. The second kappa shape index (κ2) is 15.0. The normalized spacial score (nSPS) is 23.2. The van der Waals surface area contributed by atoms with E-state index in [1.54, 1.807) is 0 Å². The predicted molar refractivity (Wildman–Crippen MR) is 217 cm³/mol. The quantitative estimate of drug-likeness (QED) is 0.109. The highest BCUT2D eigenvalue weighted by Crippen LogP contribution is 2.62. The minimum Gasteiger partial charge on any atom is -0.508 e. The van der Waals surface area contributed by atoms with E-state index in [1.807, 2.05) is 0 Å². The topological polar surface area (TPSA) is 372 Å². The summed E-state index contributed by atoms with van der Waals surface area (Å²) in [6.45, 7) is 0. The Morgan fingerprint density at radius 3 is 1.35 bits per heavy atom. The summed E-state index contributed by atoms with van der Waals surface area (Å²) in [4.78, 5) is 0. The molecule has 65 heavy (non-hydrogen) atoms. The molecule has 0 aromatic heterocycles. The summed E-state index contributed by atoms with van der Waals surface area (Å²) < 4.78 is 18.7. The summed E-state index contributed by atoms with van der Waals surface area (Å²) in [5, 5.41) is 188. The molecule has 3 aliphatic heterocycles. The number of benzene rings is 6. The van der Waals surface area contributed by atoms with Gasteiger partial charge in [-0.3, -0.25) is 0 Å². The van der Waals surface area contributed by atoms with Gasteiger partial charge in [-0.25, -0.2) is 0 Å². The van der Waals surface area contributed by atoms with Crippen LogP contribution in [-0.2, 0) is 6.42 Å². The highest BCUT2D eigenvalue weighted by molar-refractivity contribution is 5.71. The van der Waals surface area contributed by atoms with Gasteiger partial charge in [-0.15, -0.1) is 0 Å². The summed E-state index contributed by atoms with van der Waals surface area (Å²) >= 11 is 0. The summed E-state index contributed by atoms with van der Waals surface area (Å²) in [7, 11) is 0. The summed E-state index contributed by atoms with van der Waals surface area (Å²) in [5.74, 6) is -15.7. The Bertz CT molecular complexity index is 2900. The first kappa shape index (κ1) is 42.1. The highest BCUT2D eigenvalue weighted by Gasteiger charge is 2.51. The van der Waals surface area contributed by atoms with Crippen molar-refractivity contribution in [3.05, 3.63) is 111 Å². The zero-order chi connectivity index (χ0) is 46.7. The van der Waals surface area contributed by atoms with Crippen molar-refractivity contribution in [2.24, 2.45) is 0 Å². The molecule has 338 valence electrons. The van der Waals surface area contributed by atoms with Crippen LogP contribution in [0.4, 0.5) is 0 Å². The lowest BCUT2D eigenvalue weighted by Crippen LogP contribution is -2.39. The average Bonchev–Trinajstić information content (AvgIpc) is 3.23. The Morgan fingerprint density at radius 1 is 0.369 bits per heavy atom. The van der Waals surface area contributed by atoms with E-state index in [1.165, 1.54) is 6.07 Å². The van der Waals surface area contributed by atoms with E-state index in [9.17, 15) is 86.8 Å².